The van der Waals surface area contributed by atoms with E-state index in [0.717, 1.165) is 0 Å². The van der Waals surface area contributed by atoms with Gasteiger partial charge in [0.1, 0.15) is 0 Å². The van der Waals surface area contributed by atoms with Crippen LogP contribution in [0.4, 0.5) is 0 Å². The molecule has 1 aromatic rings. The number of halogens is 1. The Hall–Kier alpha value is -1.68. The lowest BCUT2D eigenvalue weighted by Gasteiger charge is -2.30. The van der Waals surface area contributed by atoms with E-state index in [9.17, 15) is 18.0 Å². The molecule has 1 fully saturated rings. The Kier molecular flexibility index (Phi) is 8.23. The van der Waals surface area contributed by atoms with E-state index in [1.54, 1.807) is 6.92 Å². The van der Waals surface area contributed by atoms with Gasteiger partial charge in [0.05, 0.1) is 17.4 Å². The molecule has 0 aliphatic carbocycles. The highest BCUT2D eigenvalue weighted by molar-refractivity contribution is 7.89. The average Bonchev–Trinajstić information content (AvgIpc) is 2.66. The zero-order valence-corrected chi connectivity index (χ0v) is 17.5. The molecule has 8 nitrogen and oxygen atoms in total. The molecule has 1 heterocycles. The Morgan fingerprint density at radius 1 is 1.32 bits per heavy atom. The average molecular weight is 433 g/mol. The van der Waals surface area contributed by atoms with Crippen LogP contribution in [0.1, 0.15) is 19.8 Å². The summed E-state index contributed by atoms with van der Waals surface area (Å²) in [5.41, 5.74) is 0. The zero-order valence-electron chi connectivity index (χ0n) is 15.9. The maximum atomic E-state index is 12.8. The molecule has 0 radical (unpaired) electrons. The van der Waals surface area contributed by atoms with E-state index in [-0.39, 0.29) is 17.5 Å². The van der Waals surface area contributed by atoms with Gasteiger partial charge in [-0.25, -0.2) is 8.42 Å². The number of ether oxygens (including phenoxy) is 2. The fourth-order valence-electron chi connectivity index (χ4n) is 2.97. The fourth-order valence-corrected chi connectivity index (χ4v) is 4.62. The number of esters is 1. The van der Waals surface area contributed by atoms with Crippen molar-refractivity contribution in [3.05, 3.63) is 29.3 Å². The van der Waals surface area contributed by atoms with Gasteiger partial charge >= 0.3 is 5.97 Å². The molecule has 1 aliphatic heterocycles. The first-order valence-corrected chi connectivity index (χ1v) is 10.8. The van der Waals surface area contributed by atoms with E-state index in [1.807, 2.05) is 0 Å². The van der Waals surface area contributed by atoms with Crippen LogP contribution in [0.2, 0.25) is 5.02 Å². The van der Waals surface area contributed by atoms with Crippen molar-refractivity contribution in [2.45, 2.75) is 30.7 Å². The largest absolute Gasteiger partial charge is 0.455 e. The summed E-state index contributed by atoms with van der Waals surface area (Å²) in [6.45, 7) is 2.05. The Morgan fingerprint density at radius 2 is 2.00 bits per heavy atom. The fraction of sp³-hybridized carbons (Fsp3) is 0.556. The summed E-state index contributed by atoms with van der Waals surface area (Å²) in [5.74, 6) is -1.62. The first kappa shape index (κ1) is 22.6. The summed E-state index contributed by atoms with van der Waals surface area (Å²) in [7, 11) is -2.20. The van der Waals surface area contributed by atoms with Gasteiger partial charge in [0.25, 0.3) is 5.91 Å². The van der Waals surface area contributed by atoms with Crippen LogP contribution in [0.15, 0.2) is 29.2 Å². The van der Waals surface area contributed by atoms with Gasteiger partial charge in [0, 0.05) is 31.3 Å². The van der Waals surface area contributed by atoms with Crippen LogP contribution in [0, 0.1) is 5.92 Å². The number of rotatable bonds is 8. The smallest absolute Gasteiger partial charge is 0.310 e. The van der Waals surface area contributed by atoms with Gasteiger partial charge in [-0.15, -0.1) is 0 Å². The Balaban J connectivity index is 1.92. The molecule has 0 saturated carbocycles. The van der Waals surface area contributed by atoms with E-state index < -0.39 is 34.4 Å². The van der Waals surface area contributed by atoms with Crippen LogP contribution in [0.5, 0.6) is 0 Å². The number of piperidine rings is 1. The van der Waals surface area contributed by atoms with Gasteiger partial charge in [-0.1, -0.05) is 11.6 Å². The highest BCUT2D eigenvalue weighted by Crippen LogP contribution is 2.25. The number of carbonyl (C=O) groups excluding carboxylic acids is 2. The van der Waals surface area contributed by atoms with Crippen molar-refractivity contribution in [2.75, 3.05) is 33.4 Å². The molecule has 0 spiro atoms. The molecule has 2 rings (SSSR count). The minimum atomic E-state index is -3.72. The lowest BCUT2D eigenvalue weighted by atomic mass is 10.00. The number of nitrogens with one attached hydrogen (secondary N) is 1. The van der Waals surface area contributed by atoms with Crippen molar-refractivity contribution in [1.82, 2.24) is 9.62 Å². The van der Waals surface area contributed by atoms with Crippen molar-refractivity contribution in [3.63, 3.8) is 0 Å². The Morgan fingerprint density at radius 3 is 2.64 bits per heavy atom. The maximum Gasteiger partial charge on any atom is 0.310 e. The minimum absolute atomic E-state index is 0.0193. The number of hydrogen-bond acceptors (Lipinski definition) is 6. The van der Waals surface area contributed by atoms with Crippen molar-refractivity contribution in [1.29, 1.82) is 0 Å². The minimum Gasteiger partial charge on any atom is -0.455 e. The van der Waals surface area contributed by atoms with Crippen molar-refractivity contribution in [2.24, 2.45) is 5.92 Å². The molecule has 2 unspecified atom stereocenters. The highest BCUT2D eigenvalue weighted by Gasteiger charge is 2.34. The standard InChI is InChI=1S/C18H25ClN2O6S/c1-13(11-26-2)20-17(22)12-27-18(23)14-4-3-9-21(10-14)28(24,25)16-7-5-15(19)6-8-16/h5-8,13-14H,3-4,9-12H2,1-2H3,(H,20,22). The van der Waals surface area contributed by atoms with E-state index in [1.165, 1.54) is 35.7 Å². The number of benzene rings is 1. The SMILES string of the molecule is COCC(C)NC(=O)COC(=O)C1CCCN(S(=O)(=O)c2ccc(Cl)cc2)C1. The van der Waals surface area contributed by atoms with Crippen molar-refractivity contribution >= 4 is 33.5 Å². The van der Waals surface area contributed by atoms with Crippen LogP contribution in [0.3, 0.4) is 0 Å². The second-order valence-corrected chi connectivity index (χ2v) is 9.06. The third-order valence-corrected chi connectivity index (χ3v) is 6.47. The van der Waals surface area contributed by atoms with Crippen LogP contribution in [-0.4, -0.2) is 64.1 Å². The summed E-state index contributed by atoms with van der Waals surface area (Å²) >= 11 is 5.81. The van der Waals surface area contributed by atoms with Crippen LogP contribution in [0.25, 0.3) is 0 Å². The summed E-state index contributed by atoms with van der Waals surface area (Å²) in [5, 5.41) is 3.08. The third kappa shape index (κ3) is 6.16. The number of nitrogens with zero attached hydrogens (tertiary/aromatic N) is 1. The van der Waals surface area contributed by atoms with E-state index in [2.05, 4.69) is 5.32 Å². The van der Waals surface area contributed by atoms with Gasteiger partial charge in [0.15, 0.2) is 6.61 Å². The molecule has 1 saturated heterocycles. The predicted molar refractivity (Wildman–Crippen MR) is 103 cm³/mol. The van der Waals surface area contributed by atoms with Gasteiger partial charge in [-0.2, -0.15) is 4.31 Å². The molecule has 1 aromatic carbocycles. The predicted octanol–water partition coefficient (Wildman–Crippen LogP) is 1.43. The number of carbonyl (C=O) groups is 2. The summed E-state index contributed by atoms with van der Waals surface area (Å²) in [6, 6.07) is 5.68. The number of sulfonamides is 1. The second kappa shape index (κ2) is 10.2. The summed E-state index contributed by atoms with van der Waals surface area (Å²) in [6.07, 6.45) is 1.04. The first-order valence-electron chi connectivity index (χ1n) is 8.94. The lowest BCUT2D eigenvalue weighted by Crippen LogP contribution is -2.43. The molecular weight excluding hydrogens is 408 g/mol. The molecule has 2 atom stereocenters. The van der Waals surface area contributed by atoms with Crippen LogP contribution >= 0.6 is 11.6 Å². The lowest BCUT2D eigenvalue weighted by molar-refractivity contribution is -0.153. The molecule has 1 amide bonds. The molecule has 28 heavy (non-hydrogen) atoms. The molecule has 1 aliphatic rings. The van der Waals surface area contributed by atoms with Crippen LogP contribution < -0.4 is 5.32 Å². The highest BCUT2D eigenvalue weighted by atomic mass is 35.5. The molecule has 156 valence electrons. The van der Waals surface area contributed by atoms with Gasteiger partial charge < -0.3 is 14.8 Å². The molecule has 0 aromatic heterocycles. The number of methoxy groups -OCH3 is 1. The zero-order chi connectivity index (χ0) is 20.7. The monoisotopic (exact) mass is 432 g/mol. The molecular formula is C18H25ClN2O6S. The first-order chi connectivity index (χ1) is 13.2. The normalized spacial score (nSPS) is 19.0. The Labute approximate surface area is 170 Å². The quantitative estimate of drug-likeness (QED) is 0.623. The Bertz CT molecular complexity index is 784. The summed E-state index contributed by atoms with van der Waals surface area (Å²) in [4.78, 5) is 24.2. The molecule has 1 N–H and O–H groups in total. The number of amides is 1. The van der Waals surface area contributed by atoms with Crippen LogP contribution in [-0.2, 0) is 29.1 Å². The van der Waals surface area contributed by atoms with E-state index in [0.29, 0.717) is 31.0 Å². The van der Waals surface area contributed by atoms with E-state index >= 15 is 0 Å². The maximum absolute atomic E-state index is 12.8. The topological polar surface area (TPSA) is 102 Å². The third-order valence-electron chi connectivity index (χ3n) is 4.34. The van der Waals surface area contributed by atoms with E-state index in [4.69, 9.17) is 21.1 Å². The molecule has 10 heteroatoms. The van der Waals surface area contributed by atoms with Gasteiger partial charge in [0.2, 0.25) is 10.0 Å². The van der Waals surface area contributed by atoms with Crippen molar-refractivity contribution in [3.8, 4) is 0 Å². The van der Waals surface area contributed by atoms with Crippen molar-refractivity contribution < 1.29 is 27.5 Å². The number of hydrogen-bond donors (Lipinski definition) is 1. The summed E-state index contributed by atoms with van der Waals surface area (Å²) < 4.78 is 36.8. The van der Waals surface area contributed by atoms with Gasteiger partial charge in [-0.3, -0.25) is 9.59 Å². The second-order valence-electron chi connectivity index (χ2n) is 6.69. The van der Waals surface area contributed by atoms with Gasteiger partial charge in [-0.05, 0) is 44.0 Å². The molecule has 0 bridgehead atoms.